The molecule has 0 aliphatic heterocycles. The molecule has 5 nitrogen and oxygen atoms in total. The molecule has 0 aliphatic rings. The Morgan fingerprint density at radius 1 is 0.943 bits per heavy atom. The normalized spacial score (nSPS) is 11.1. The van der Waals surface area contributed by atoms with Gasteiger partial charge in [-0.15, -0.1) is 0 Å². The van der Waals surface area contributed by atoms with Crippen molar-refractivity contribution in [3.05, 3.63) is 30.9 Å². The lowest BCUT2D eigenvalue weighted by Gasteiger charge is -2.22. The summed E-state index contributed by atoms with van der Waals surface area (Å²) in [6.45, 7) is 12.9. The minimum Gasteiger partial charge on any atom is -0.465 e. The summed E-state index contributed by atoms with van der Waals surface area (Å²) in [6, 6.07) is 0. The lowest BCUT2D eigenvalue weighted by atomic mass is 10.1. The first kappa shape index (κ1) is 33.7. The molecule has 0 aromatic carbocycles. The number of hydrogen-bond acceptors (Lipinski definition) is 5. The molecule has 0 fully saturated rings. The number of unbranched alkanes of at least 4 members (excludes halogenated alkanes) is 8. The van der Waals surface area contributed by atoms with Crippen LogP contribution in [-0.2, 0) is 16.1 Å². The van der Waals surface area contributed by atoms with Crippen LogP contribution in [0.3, 0.4) is 0 Å². The van der Waals surface area contributed by atoms with Gasteiger partial charge in [-0.05, 0) is 38.8 Å². The lowest BCUT2D eigenvalue weighted by molar-refractivity contribution is -0.143. The number of carbonyl (C=O) groups excluding carboxylic acids is 1. The van der Waals surface area contributed by atoms with E-state index in [9.17, 15) is 4.79 Å². The first-order valence-electron chi connectivity index (χ1n) is 14.3. The summed E-state index contributed by atoms with van der Waals surface area (Å²) >= 11 is 1.83. The van der Waals surface area contributed by atoms with Crippen LogP contribution < -0.4 is 0 Å². The van der Waals surface area contributed by atoms with Gasteiger partial charge in [-0.1, -0.05) is 84.8 Å². The van der Waals surface area contributed by atoms with Crippen molar-refractivity contribution in [1.82, 2.24) is 14.5 Å². The van der Waals surface area contributed by atoms with Gasteiger partial charge in [-0.25, -0.2) is 4.98 Å². The summed E-state index contributed by atoms with van der Waals surface area (Å²) in [5, 5.41) is 0. The van der Waals surface area contributed by atoms with E-state index in [2.05, 4.69) is 40.5 Å². The number of aryl methyl sites for hydroxylation is 1. The first-order chi connectivity index (χ1) is 17.3. The molecule has 35 heavy (non-hydrogen) atoms. The molecule has 0 spiro atoms. The fraction of sp³-hybridized carbons (Fsp3) is 0.793. The second-order valence-electron chi connectivity index (χ2n) is 8.78. The molecule has 1 aromatic rings. The molecule has 0 unspecified atom stereocenters. The standard InChI is InChI=1S/C27H49N3O2S.C2H6/c1-3-5-7-9-10-12-14-24-33-25-23-32-27(31)16-21-29(18-13-11-8-6-4-2)19-15-20-30-22-17-28-26-30;1-2/h12,14,17,22,26H,3-11,13,15-16,18-21,23-25H2,1-2H3;1-2H3/b14-12-;. The Bertz CT molecular complexity index is 578. The molecule has 0 atom stereocenters. The summed E-state index contributed by atoms with van der Waals surface area (Å²) in [4.78, 5) is 18.7. The third kappa shape index (κ3) is 22.9. The van der Waals surface area contributed by atoms with Crippen molar-refractivity contribution in [2.75, 3.05) is 37.7 Å². The van der Waals surface area contributed by atoms with Gasteiger partial charge in [0.15, 0.2) is 0 Å². The van der Waals surface area contributed by atoms with Gasteiger partial charge in [0.05, 0.1) is 12.7 Å². The molecule has 0 saturated heterocycles. The van der Waals surface area contributed by atoms with E-state index in [-0.39, 0.29) is 5.97 Å². The average molecular weight is 510 g/mol. The van der Waals surface area contributed by atoms with Crippen molar-refractivity contribution >= 4 is 17.7 Å². The summed E-state index contributed by atoms with van der Waals surface area (Å²) < 4.78 is 7.58. The van der Waals surface area contributed by atoms with Crippen molar-refractivity contribution in [3.8, 4) is 0 Å². The highest BCUT2D eigenvalue weighted by Crippen LogP contribution is 2.07. The Labute approximate surface area is 221 Å². The summed E-state index contributed by atoms with van der Waals surface area (Å²) in [5.74, 6) is 1.82. The minimum atomic E-state index is -0.0624. The molecule has 0 N–H and O–H groups in total. The van der Waals surface area contributed by atoms with Crippen LogP contribution in [0.4, 0.5) is 0 Å². The number of carbonyl (C=O) groups is 1. The summed E-state index contributed by atoms with van der Waals surface area (Å²) in [5.41, 5.74) is 0. The van der Waals surface area contributed by atoms with E-state index < -0.39 is 0 Å². The van der Waals surface area contributed by atoms with Crippen LogP contribution in [0.25, 0.3) is 0 Å². The number of ether oxygens (including phenoxy) is 1. The largest absolute Gasteiger partial charge is 0.465 e. The molecular weight excluding hydrogens is 454 g/mol. The Balaban J connectivity index is 0.00000562. The molecule has 1 rings (SSSR count). The second-order valence-corrected chi connectivity index (χ2v) is 9.93. The predicted octanol–water partition coefficient (Wildman–Crippen LogP) is 7.76. The Morgan fingerprint density at radius 3 is 2.37 bits per heavy atom. The summed E-state index contributed by atoms with van der Waals surface area (Å²) in [7, 11) is 0. The van der Waals surface area contributed by atoms with E-state index in [1.165, 1.54) is 64.2 Å². The van der Waals surface area contributed by atoms with Crippen LogP contribution in [0, 0.1) is 0 Å². The number of hydrogen-bond donors (Lipinski definition) is 0. The zero-order valence-corrected chi connectivity index (χ0v) is 24.2. The number of nitrogens with zero attached hydrogens (tertiary/aromatic N) is 3. The molecule has 0 aliphatic carbocycles. The van der Waals surface area contributed by atoms with E-state index in [4.69, 9.17) is 4.74 Å². The third-order valence-electron chi connectivity index (χ3n) is 5.76. The highest BCUT2D eigenvalue weighted by molar-refractivity contribution is 7.99. The lowest BCUT2D eigenvalue weighted by Crippen LogP contribution is -2.29. The zero-order valence-electron chi connectivity index (χ0n) is 23.4. The van der Waals surface area contributed by atoms with E-state index in [1.54, 1.807) is 0 Å². The monoisotopic (exact) mass is 509 g/mol. The van der Waals surface area contributed by atoms with Crippen molar-refractivity contribution in [1.29, 1.82) is 0 Å². The maximum atomic E-state index is 12.2. The van der Waals surface area contributed by atoms with E-state index in [0.29, 0.717) is 13.0 Å². The van der Waals surface area contributed by atoms with Crippen LogP contribution in [-0.4, -0.2) is 58.2 Å². The molecule has 1 aromatic heterocycles. The number of imidazole rings is 1. The number of esters is 1. The second kappa shape index (κ2) is 27.3. The van der Waals surface area contributed by atoms with Crippen molar-refractivity contribution in [2.24, 2.45) is 0 Å². The van der Waals surface area contributed by atoms with E-state index >= 15 is 0 Å². The molecule has 0 saturated carbocycles. The Morgan fingerprint density at radius 2 is 1.66 bits per heavy atom. The van der Waals surface area contributed by atoms with Gasteiger partial charge in [0.25, 0.3) is 0 Å². The summed E-state index contributed by atoms with van der Waals surface area (Å²) in [6.07, 6.45) is 24.7. The number of rotatable bonds is 23. The van der Waals surface area contributed by atoms with E-state index in [0.717, 1.165) is 44.1 Å². The average Bonchev–Trinajstić information content (AvgIpc) is 3.40. The van der Waals surface area contributed by atoms with E-state index in [1.807, 2.05) is 44.3 Å². The van der Waals surface area contributed by atoms with Crippen molar-refractivity contribution < 1.29 is 9.53 Å². The van der Waals surface area contributed by atoms with Gasteiger partial charge in [0.2, 0.25) is 0 Å². The van der Waals surface area contributed by atoms with Gasteiger partial charge in [-0.3, -0.25) is 4.79 Å². The number of allylic oxidation sites excluding steroid dienone is 1. The fourth-order valence-electron chi connectivity index (χ4n) is 3.73. The SMILES string of the molecule is CC.CCCCCC/C=C\CSCCOC(=O)CCN(CCCCCCC)CCCn1ccnc1. The Kier molecular flexibility index (Phi) is 26.3. The van der Waals surface area contributed by atoms with Crippen molar-refractivity contribution in [2.45, 2.75) is 111 Å². The molecule has 0 amide bonds. The van der Waals surface area contributed by atoms with Gasteiger partial charge >= 0.3 is 5.97 Å². The van der Waals surface area contributed by atoms with Crippen LogP contribution in [0.5, 0.6) is 0 Å². The topological polar surface area (TPSA) is 47.4 Å². The van der Waals surface area contributed by atoms with Gasteiger partial charge < -0.3 is 14.2 Å². The maximum Gasteiger partial charge on any atom is 0.307 e. The maximum absolute atomic E-state index is 12.2. The highest BCUT2D eigenvalue weighted by Gasteiger charge is 2.09. The third-order valence-corrected chi connectivity index (χ3v) is 6.64. The zero-order chi connectivity index (χ0) is 25.8. The predicted molar refractivity (Wildman–Crippen MR) is 154 cm³/mol. The van der Waals surface area contributed by atoms with Crippen LogP contribution in [0.2, 0.25) is 0 Å². The smallest absolute Gasteiger partial charge is 0.307 e. The minimum absolute atomic E-state index is 0.0624. The van der Waals surface area contributed by atoms with Crippen molar-refractivity contribution in [3.63, 3.8) is 0 Å². The Hall–Kier alpha value is -1.27. The van der Waals surface area contributed by atoms with Gasteiger partial charge in [0.1, 0.15) is 6.61 Å². The molecule has 6 heteroatoms. The fourth-order valence-corrected chi connectivity index (χ4v) is 4.37. The van der Waals surface area contributed by atoms with Crippen LogP contribution >= 0.6 is 11.8 Å². The van der Waals surface area contributed by atoms with Gasteiger partial charge in [-0.2, -0.15) is 11.8 Å². The number of aromatic nitrogens is 2. The van der Waals surface area contributed by atoms with Gasteiger partial charge in [0, 0.05) is 37.0 Å². The highest BCUT2D eigenvalue weighted by atomic mass is 32.2. The molecule has 204 valence electrons. The number of thioether (sulfide) groups is 1. The van der Waals surface area contributed by atoms with Crippen LogP contribution in [0.1, 0.15) is 105 Å². The molecule has 0 radical (unpaired) electrons. The first-order valence-corrected chi connectivity index (χ1v) is 15.5. The molecule has 1 heterocycles. The van der Waals surface area contributed by atoms with Crippen LogP contribution in [0.15, 0.2) is 30.9 Å². The molecule has 0 bridgehead atoms. The molecular formula is C29H55N3O2S. The quantitative estimate of drug-likeness (QED) is 0.0856.